The lowest BCUT2D eigenvalue weighted by atomic mass is 9.62. The van der Waals surface area contributed by atoms with Gasteiger partial charge in [-0.15, -0.1) is 0 Å². The summed E-state index contributed by atoms with van der Waals surface area (Å²) in [4.78, 5) is 0. The average molecular weight is 566 g/mol. The molecule has 5 aromatic rings. The lowest BCUT2D eigenvalue weighted by Crippen LogP contribution is -2.33. The number of dihydropyridines is 1. The third-order valence-electron chi connectivity index (χ3n) is 9.66. The van der Waals surface area contributed by atoms with Crippen molar-refractivity contribution in [2.75, 3.05) is 0 Å². The summed E-state index contributed by atoms with van der Waals surface area (Å²) in [7, 11) is 0. The second-order valence-corrected chi connectivity index (χ2v) is 12.2. The highest BCUT2D eigenvalue weighted by Gasteiger charge is 2.48. The Labute approximate surface area is 260 Å². The number of rotatable bonds is 5. The maximum absolute atomic E-state index is 3.83. The van der Waals surface area contributed by atoms with E-state index in [1.165, 1.54) is 55.7 Å². The van der Waals surface area contributed by atoms with Crippen molar-refractivity contribution >= 4 is 5.70 Å². The molecule has 212 valence electrons. The first-order valence-electron chi connectivity index (χ1n) is 15.7. The second-order valence-electron chi connectivity index (χ2n) is 12.2. The minimum atomic E-state index is -0.356. The van der Waals surface area contributed by atoms with Crippen LogP contribution in [0.2, 0.25) is 0 Å². The average Bonchev–Trinajstić information content (AvgIpc) is 3.40. The van der Waals surface area contributed by atoms with Crippen molar-refractivity contribution in [1.82, 2.24) is 5.32 Å². The van der Waals surface area contributed by atoms with Gasteiger partial charge in [0.15, 0.2) is 0 Å². The van der Waals surface area contributed by atoms with Crippen molar-refractivity contribution in [2.24, 2.45) is 5.92 Å². The molecule has 1 heteroatoms. The van der Waals surface area contributed by atoms with Gasteiger partial charge < -0.3 is 5.32 Å². The van der Waals surface area contributed by atoms with Crippen molar-refractivity contribution in [3.8, 4) is 11.1 Å². The van der Waals surface area contributed by atoms with Crippen LogP contribution in [0.3, 0.4) is 0 Å². The largest absolute Gasteiger partial charge is 0.374 e. The molecule has 2 aliphatic carbocycles. The molecule has 1 N–H and O–H groups in total. The van der Waals surface area contributed by atoms with Crippen LogP contribution in [0.25, 0.3) is 16.8 Å². The third kappa shape index (κ3) is 4.23. The molecule has 0 radical (unpaired) electrons. The van der Waals surface area contributed by atoms with Crippen LogP contribution in [0.15, 0.2) is 181 Å². The molecular weight excluding hydrogens is 530 g/mol. The Balaban J connectivity index is 1.34. The monoisotopic (exact) mass is 565 g/mol. The fraction of sp³-hybridized carbons (Fsp3) is 0.116. The van der Waals surface area contributed by atoms with E-state index in [0.717, 1.165) is 12.1 Å². The molecule has 0 saturated carbocycles. The molecule has 3 aliphatic rings. The zero-order chi connectivity index (χ0) is 29.5. The zero-order valence-electron chi connectivity index (χ0n) is 25.0. The number of hydrogen-bond donors (Lipinski definition) is 1. The van der Waals surface area contributed by atoms with E-state index < -0.39 is 0 Å². The van der Waals surface area contributed by atoms with Gasteiger partial charge in [0, 0.05) is 5.70 Å². The van der Waals surface area contributed by atoms with Gasteiger partial charge in [0.05, 0.1) is 11.5 Å². The maximum atomic E-state index is 3.83. The first kappa shape index (κ1) is 26.5. The summed E-state index contributed by atoms with van der Waals surface area (Å²) in [5.74, 6) is 0.378. The topological polar surface area (TPSA) is 12.0 Å². The molecular formula is C43H35N. The Morgan fingerprint density at radius 2 is 1.16 bits per heavy atom. The van der Waals surface area contributed by atoms with Crippen LogP contribution < -0.4 is 5.32 Å². The highest BCUT2D eigenvalue weighted by Crippen LogP contribution is 2.58. The minimum absolute atomic E-state index is 0.0829. The van der Waals surface area contributed by atoms with E-state index >= 15 is 0 Å². The predicted molar refractivity (Wildman–Crippen MR) is 183 cm³/mol. The van der Waals surface area contributed by atoms with Gasteiger partial charge in [0.25, 0.3) is 0 Å². The van der Waals surface area contributed by atoms with Crippen LogP contribution in [-0.2, 0) is 5.41 Å². The number of benzene rings is 5. The van der Waals surface area contributed by atoms with E-state index in [1.807, 2.05) is 0 Å². The number of nitrogens with one attached hydrogen (secondary N) is 1. The van der Waals surface area contributed by atoms with E-state index in [2.05, 4.69) is 176 Å². The molecule has 0 amide bonds. The highest BCUT2D eigenvalue weighted by atomic mass is 14.9. The molecule has 0 spiro atoms. The van der Waals surface area contributed by atoms with Gasteiger partial charge in [-0.2, -0.15) is 0 Å². The Bertz CT molecular complexity index is 1910. The molecule has 0 aromatic heterocycles. The van der Waals surface area contributed by atoms with E-state index in [0.29, 0.717) is 5.92 Å². The Kier molecular flexibility index (Phi) is 6.53. The van der Waals surface area contributed by atoms with Gasteiger partial charge in [-0.25, -0.2) is 0 Å². The van der Waals surface area contributed by atoms with Gasteiger partial charge >= 0.3 is 0 Å². The van der Waals surface area contributed by atoms with Crippen molar-refractivity contribution in [1.29, 1.82) is 0 Å². The van der Waals surface area contributed by atoms with Crippen LogP contribution in [0, 0.1) is 5.92 Å². The molecule has 2 unspecified atom stereocenters. The molecule has 1 nitrogen and oxygen atoms in total. The molecule has 0 bridgehead atoms. The molecule has 2 atom stereocenters. The van der Waals surface area contributed by atoms with Crippen molar-refractivity contribution in [2.45, 2.75) is 24.8 Å². The van der Waals surface area contributed by atoms with Gasteiger partial charge in [0.2, 0.25) is 0 Å². The fourth-order valence-corrected chi connectivity index (χ4v) is 7.63. The summed E-state index contributed by atoms with van der Waals surface area (Å²) in [6.45, 7) is 2.40. The van der Waals surface area contributed by atoms with Gasteiger partial charge in [-0.3, -0.25) is 0 Å². The molecule has 5 aromatic carbocycles. The molecule has 44 heavy (non-hydrogen) atoms. The lowest BCUT2D eigenvalue weighted by molar-refractivity contribution is 0.573. The Hall–Kier alpha value is -5.14. The van der Waals surface area contributed by atoms with Crippen molar-refractivity contribution < 1.29 is 0 Å². The zero-order valence-corrected chi connectivity index (χ0v) is 25.0. The van der Waals surface area contributed by atoms with E-state index in [1.54, 1.807) is 0 Å². The molecule has 1 aliphatic heterocycles. The van der Waals surface area contributed by atoms with Crippen molar-refractivity contribution in [3.05, 3.63) is 208 Å². The number of fused-ring (bicyclic) bond motifs is 3. The summed E-state index contributed by atoms with van der Waals surface area (Å²) < 4.78 is 0. The minimum Gasteiger partial charge on any atom is -0.374 e. The normalized spacial score (nSPS) is 19.8. The highest BCUT2D eigenvalue weighted by molar-refractivity contribution is 5.86. The van der Waals surface area contributed by atoms with Crippen LogP contribution >= 0.6 is 0 Å². The van der Waals surface area contributed by atoms with Crippen LogP contribution in [-0.4, -0.2) is 0 Å². The maximum Gasteiger partial charge on any atom is 0.0707 e. The summed E-state index contributed by atoms with van der Waals surface area (Å²) >= 11 is 0. The summed E-state index contributed by atoms with van der Waals surface area (Å²) in [5.41, 5.74) is 14.1. The number of allylic oxidation sites excluding steroid dienone is 6. The van der Waals surface area contributed by atoms with Crippen LogP contribution in [0.4, 0.5) is 0 Å². The molecule has 0 saturated heterocycles. The van der Waals surface area contributed by atoms with E-state index in [9.17, 15) is 0 Å². The second kappa shape index (κ2) is 10.8. The third-order valence-corrected chi connectivity index (χ3v) is 9.66. The SMILES string of the molecule is CC1CC=C(C2=CC(c3ccccc3)NC(c3ccccc3)=C2)C=C1C1(c2ccccc2)c2ccccc2-c2ccccc21. The van der Waals surface area contributed by atoms with E-state index in [-0.39, 0.29) is 11.5 Å². The van der Waals surface area contributed by atoms with Crippen LogP contribution in [0.5, 0.6) is 0 Å². The summed E-state index contributed by atoms with van der Waals surface area (Å²) in [6, 6.07) is 50.8. The molecule has 8 rings (SSSR count). The summed E-state index contributed by atoms with van der Waals surface area (Å²) in [6.07, 6.45) is 10.7. The standard InChI is InChI=1S/C43H35N/c1-30-25-26-33(34-28-41(31-15-5-2-6-16-31)44-42(29-34)32-17-7-3-8-18-32)27-40(30)43(35-19-9-4-10-20-35)38-23-13-11-21-36(38)37-22-12-14-24-39(37)43/h2-24,26-30,41,44H,25H2,1H3. The smallest absolute Gasteiger partial charge is 0.0707 e. The van der Waals surface area contributed by atoms with Gasteiger partial charge in [-0.05, 0) is 80.2 Å². The van der Waals surface area contributed by atoms with Crippen LogP contribution in [0.1, 0.15) is 47.2 Å². The van der Waals surface area contributed by atoms with Gasteiger partial charge in [0.1, 0.15) is 0 Å². The lowest BCUT2D eigenvalue weighted by Gasteiger charge is -2.40. The Morgan fingerprint density at radius 1 is 0.591 bits per heavy atom. The van der Waals surface area contributed by atoms with E-state index in [4.69, 9.17) is 0 Å². The quantitative estimate of drug-likeness (QED) is 0.224. The predicted octanol–water partition coefficient (Wildman–Crippen LogP) is 10.2. The Morgan fingerprint density at radius 3 is 1.82 bits per heavy atom. The van der Waals surface area contributed by atoms with Gasteiger partial charge in [-0.1, -0.05) is 159 Å². The number of hydrogen-bond acceptors (Lipinski definition) is 1. The molecule has 0 fully saturated rings. The van der Waals surface area contributed by atoms with Crippen molar-refractivity contribution in [3.63, 3.8) is 0 Å². The summed E-state index contributed by atoms with van der Waals surface area (Å²) in [5, 5.41) is 3.83. The fourth-order valence-electron chi connectivity index (χ4n) is 7.63. The first-order valence-corrected chi connectivity index (χ1v) is 15.7. The molecule has 1 heterocycles. The first-order chi connectivity index (χ1) is 21.7.